The number of carbonyl (C=O) groups excluding carboxylic acids is 1. The van der Waals surface area contributed by atoms with Crippen LogP contribution in [-0.4, -0.2) is 52.7 Å². The lowest BCUT2D eigenvalue weighted by molar-refractivity contribution is 0.0983. The molecule has 2 N–H and O–H groups in total. The van der Waals surface area contributed by atoms with Crippen LogP contribution in [0.15, 0.2) is 12.3 Å². The first-order valence-electron chi connectivity index (χ1n) is 8.40. The molecule has 1 aromatic heterocycles. The largest absolute Gasteiger partial charge is 0.450 e. The van der Waals surface area contributed by atoms with Gasteiger partial charge in [0.05, 0.1) is 6.61 Å². The lowest BCUT2D eigenvalue weighted by Crippen LogP contribution is -2.42. The summed E-state index contributed by atoms with van der Waals surface area (Å²) in [5.74, 6) is 1.47. The van der Waals surface area contributed by atoms with Crippen molar-refractivity contribution in [3.63, 3.8) is 0 Å². The molecule has 0 spiro atoms. The molecule has 0 saturated carbocycles. The van der Waals surface area contributed by atoms with Gasteiger partial charge in [0.1, 0.15) is 5.82 Å². The Morgan fingerprint density at radius 2 is 2.17 bits per heavy atom. The number of hydrogen-bond donors (Lipinski definition) is 2. The number of carbonyl (C=O) groups is 1. The molecule has 1 unspecified atom stereocenters. The zero-order valence-electron chi connectivity index (χ0n) is 14.2. The average Bonchev–Trinajstić information content (AvgIpc) is 2.56. The van der Waals surface area contributed by atoms with Crippen molar-refractivity contribution in [2.75, 3.05) is 30.3 Å². The number of piperidine rings is 1. The molecule has 0 bridgehead atoms. The number of anilines is 2. The molecule has 1 aromatic rings. The second-order valence-corrected chi connectivity index (χ2v) is 5.82. The first-order valence-corrected chi connectivity index (χ1v) is 8.40. The van der Waals surface area contributed by atoms with Gasteiger partial charge in [0, 0.05) is 31.4 Å². The van der Waals surface area contributed by atoms with E-state index in [1.54, 1.807) is 11.1 Å². The zero-order valence-corrected chi connectivity index (χ0v) is 14.2. The SMILES string of the molecule is CCOC(=O)N1CCC(Nc2nccc(NC(C)CC)n2)CC1. The second-order valence-electron chi connectivity index (χ2n) is 5.82. The fraction of sp³-hybridized carbons (Fsp3) is 0.688. The monoisotopic (exact) mass is 321 g/mol. The summed E-state index contributed by atoms with van der Waals surface area (Å²) in [6.07, 6.45) is 4.31. The molecule has 1 aliphatic heterocycles. The molecule has 7 nitrogen and oxygen atoms in total. The lowest BCUT2D eigenvalue weighted by atomic mass is 10.1. The van der Waals surface area contributed by atoms with E-state index in [1.807, 2.05) is 13.0 Å². The first kappa shape index (κ1) is 17.3. The molecule has 7 heteroatoms. The van der Waals surface area contributed by atoms with Gasteiger partial charge in [-0.25, -0.2) is 9.78 Å². The third kappa shape index (κ3) is 5.26. The van der Waals surface area contributed by atoms with Crippen molar-refractivity contribution in [1.29, 1.82) is 0 Å². The van der Waals surface area contributed by atoms with E-state index in [0.717, 1.165) is 25.1 Å². The van der Waals surface area contributed by atoms with Gasteiger partial charge < -0.3 is 20.3 Å². The molecule has 1 atom stereocenters. The van der Waals surface area contributed by atoms with Crippen molar-refractivity contribution in [2.24, 2.45) is 0 Å². The highest BCUT2D eigenvalue weighted by molar-refractivity contribution is 5.67. The summed E-state index contributed by atoms with van der Waals surface area (Å²) in [5, 5.41) is 6.71. The summed E-state index contributed by atoms with van der Waals surface area (Å²) in [4.78, 5) is 22.2. The quantitative estimate of drug-likeness (QED) is 0.838. The van der Waals surface area contributed by atoms with Crippen LogP contribution in [0.4, 0.5) is 16.6 Å². The van der Waals surface area contributed by atoms with Crippen molar-refractivity contribution in [3.8, 4) is 0 Å². The molecule has 1 saturated heterocycles. The second kappa shape index (κ2) is 8.55. The maximum atomic E-state index is 11.7. The summed E-state index contributed by atoms with van der Waals surface area (Å²) in [6, 6.07) is 2.53. The van der Waals surface area contributed by atoms with Gasteiger partial charge in [-0.15, -0.1) is 0 Å². The number of nitrogens with zero attached hydrogens (tertiary/aromatic N) is 3. The van der Waals surface area contributed by atoms with Crippen LogP contribution >= 0.6 is 0 Å². The van der Waals surface area contributed by atoms with Crippen molar-refractivity contribution >= 4 is 17.9 Å². The minimum absolute atomic E-state index is 0.220. The van der Waals surface area contributed by atoms with Crippen molar-refractivity contribution < 1.29 is 9.53 Å². The van der Waals surface area contributed by atoms with Crippen LogP contribution in [0.2, 0.25) is 0 Å². The molecule has 0 aliphatic carbocycles. The summed E-state index contributed by atoms with van der Waals surface area (Å²) in [5.41, 5.74) is 0. The summed E-state index contributed by atoms with van der Waals surface area (Å²) < 4.78 is 5.03. The predicted molar refractivity (Wildman–Crippen MR) is 90.6 cm³/mol. The third-order valence-electron chi connectivity index (χ3n) is 4.02. The fourth-order valence-corrected chi connectivity index (χ4v) is 2.47. The van der Waals surface area contributed by atoms with Crippen LogP contribution in [0, 0.1) is 0 Å². The van der Waals surface area contributed by atoms with E-state index in [2.05, 4.69) is 34.4 Å². The van der Waals surface area contributed by atoms with Crippen LogP contribution in [0.5, 0.6) is 0 Å². The normalized spacial score (nSPS) is 16.7. The van der Waals surface area contributed by atoms with Gasteiger partial charge in [0.15, 0.2) is 0 Å². The number of likely N-dealkylation sites (tertiary alicyclic amines) is 1. The molecule has 2 heterocycles. The number of nitrogens with one attached hydrogen (secondary N) is 2. The van der Waals surface area contributed by atoms with Gasteiger partial charge in [-0.1, -0.05) is 6.92 Å². The van der Waals surface area contributed by atoms with Gasteiger partial charge in [-0.05, 0) is 39.2 Å². The van der Waals surface area contributed by atoms with Gasteiger partial charge in [0.25, 0.3) is 0 Å². The Morgan fingerprint density at radius 3 is 2.83 bits per heavy atom. The Bertz CT molecular complexity index is 503. The molecule has 23 heavy (non-hydrogen) atoms. The number of aromatic nitrogens is 2. The van der Waals surface area contributed by atoms with Crippen molar-refractivity contribution in [3.05, 3.63) is 12.3 Å². The number of rotatable bonds is 6. The van der Waals surface area contributed by atoms with E-state index >= 15 is 0 Å². The molecule has 0 radical (unpaired) electrons. The lowest BCUT2D eigenvalue weighted by Gasteiger charge is -2.31. The molecule has 1 fully saturated rings. The highest BCUT2D eigenvalue weighted by Gasteiger charge is 2.23. The van der Waals surface area contributed by atoms with Crippen LogP contribution < -0.4 is 10.6 Å². The maximum Gasteiger partial charge on any atom is 0.409 e. The topological polar surface area (TPSA) is 79.4 Å². The van der Waals surface area contributed by atoms with Gasteiger partial charge in [-0.3, -0.25) is 0 Å². The number of amides is 1. The van der Waals surface area contributed by atoms with E-state index in [1.165, 1.54) is 0 Å². The van der Waals surface area contributed by atoms with Crippen LogP contribution in [0.3, 0.4) is 0 Å². The van der Waals surface area contributed by atoms with Crippen molar-refractivity contribution in [1.82, 2.24) is 14.9 Å². The highest BCUT2D eigenvalue weighted by atomic mass is 16.6. The van der Waals surface area contributed by atoms with Crippen LogP contribution in [0.25, 0.3) is 0 Å². The summed E-state index contributed by atoms with van der Waals surface area (Å²) >= 11 is 0. The molecule has 0 aromatic carbocycles. The smallest absolute Gasteiger partial charge is 0.409 e. The summed E-state index contributed by atoms with van der Waals surface area (Å²) in [6.45, 7) is 7.89. The van der Waals surface area contributed by atoms with E-state index in [-0.39, 0.29) is 12.1 Å². The molecule has 1 aliphatic rings. The predicted octanol–water partition coefficient (Wildman–Crippen LogP) is 2.72. The molecule has 1 amide bonds. The average molecular weight is 321 g/mol. The summed E-state index contributed by atoms with van der Waals surface area (Å²) in [7, 11) is 0. The number of hydrogen-bond acceptors (Lipinski definition) is 6. The minimum Gasteiger partial charge on any atom is -0.450 e. The third-order valence-corrected chi connectivity index (χ3v) is 4.02. The highest BCUT2D eigenvalue weighted by Crippen LogP contribution is 2.16. The van der Waals surface area contributed by atoms with Gasteiger partial charge in [0.2, 0.25) is 5.95 Å². The Hall–Kier alpha value is -2.05. The van der Waals surface area contributed by atoms with Gasteiger partial charge >= 0.3 is 6.09 Å². The van der Waals surface area contributed by atoms with E-state index in [9.17, 15) is 4.79 Å². The van der Waals surface area contributed by atoms with Crippen LogP contribution in [0.1, 0.15) is 40.0 Å². The molecule has 128 valence electrons. The van der Waals surface area contributed by atoms with E-state index in [4.69, 9.17) is 4.74 Å². The van der Waals surface area contributed by atoms with Crippen molar-refractivity contribution in [2.45, 2.75) is 52.1 Å². The Balaban J connectivity index is 1.84. The standard InChI is InChI=1S/C16H27N5O2/c1-4-12(3)18-14-6-9-17-15(20-14)19-13-7-10-21(11-8-13)16(22)23-5-2/h6,9,12-13H,4-5,7-8,10-11H2,1-3H3,(H2,17,18,19,20). The zero-order chi connectivity index (χ0) is 16.7. The number of ether oxygens (including phenoxy) is 1. The minimum atomic E-state index is -0.220. The Kier molecular flexibility index (Phi) is 6.43. The molecule has 2 rings (SSSR count). The van der Waals surface area contributed by atoms with Gasteiger partial charge in [-0.2, -0.15) is 4.98 Å². The van der Waals surface area contributed by atoms with E-state index < -0.39 is 0 Å². The van der Waals surface area contributed by atoms with E-state index in [0.29, 0.717) is 31.7 Å². The molecular formula is C16H27N5O2. The first-order chi connectivity index (χ1) is 11.1. The van der Waals surface area contributed by atoms with Crippen LogP contribution in [-0.2, 0) is 4.74 Å². The fourth-order valence-electron chi connectivity index (χ4n) is 2.47. The Morgan fingerprint density at radius 1 is 1.43 bits per heavy atom. The Labute approximate surface area is 137 Å². The molecular weight excluding hydrogens is 294 g/mol. The maximum absolute atomic E-state index is 11.7.